The molecule has 1 aromatic carbocycles. The van der Waals surface area contributed by atoms with E-state index < -0.39 is 0 Å². The van der Waals surface area contributed by atoms with Gasteiger partial charge in [-0.1, -0.05) is 24.3 Å². The number of carbonyl (C=O) groups is 1. The van der Waals surface area contributed by atoms with Gasteiger partial charge in [0.05, 0.1) is 7.11 Å². The topological polar surface area (TPSA) is 39.2 Å². The van der Waals surface area contributed by atoms with Crippen molar-refractivity contribution in [3.05, 3.63) is 59.9 Å². The average Bonchev–Trinajstić information content (AvgIpc) is 2.40. The third kappa shape index (κ3) is 3.17. The lowest BCUT2D eigenvalue weighted by atomic mass is 10.0. The molecule has 0 bridgehead atoms. The number of hydrogen-bond acceptors (Lipinski definition) is 3. The van der Waals surface area contributed by atoms with Crippen molar-refractivity contribution in [3.8, 4) is 5.75 Å². The molecule has 0 atom stereocenters. The normalized spacial score (nSPS) is 10.1. The fourth-order valence-corrected chi connectivity index (χ4v) is 1.83. The first-order valence-electron chi connectivity index (χ1n) is 5.83. The summed E-state index contributed by atoms with van der Waals surface area (Å²) in [4.78, 5) is 16.1. The maximum absolute atomic E-state index is 12.0. The van der Waals surface area contributed by atoms with E-state index in [9.17, 15) is 4.79 Å². The molecule has 3 heteroatoms. The van der Waals surface area contributed by atoms with Crippen molar-refractivity contribution >= 4 is 5.78 Å². The van der Waals surface area contributed by atoms with Crippen molar-refractivity contribution in [2.24, 2.45) is 0 Å². The van der Waals surface area contributed by atoms with Gasteiger partial charge in [-0.25, -0.2) is 0 Å². The molecule has 2 rings (SSSR count). The lowest BCUT2D eigenvalue weighted by Crippen LogP contribution is -2.08. The maximum atomic E-state index is 12.0. The summed E-state index contributed by atoms with van der Waals surface area (Å²) in [7, 11) is 1.61. The summed E-state index contributed by atoms with van der Waals surface area (Å²) in [6, 6.07) is 13.2. The van der Waals surface area contributed by atoms with Gasteiger partial charge in [-0.05, 0) is 18.2 Å². The molecule has 92 valence electrons. The first kappa shape index (κ1) is 12.3. The highest BCUT2D eigenvalue weighted by Gasteiger charge is 2.09. The van der Waals surface area contributed by atoms with Crippen molar-refractivity contribution in [2.45, 2.75) is 12.8 Å². The SMILES string of the molecule is COc1ccccc1CC(=O)Cc1ccccn1. The van der Waals surface area contributed by atoms with Gasteiger partial charge in [-0.2, -0.15) is 0 Å². The molecule has 0 saturated heterocycles. The molecular formula is C15H15NO2. The van der Waals surface area contributed by atoms with Crippen LogP contribution in [-0.2, 0) is 17.6 Å². The smallest absolute Gasteiger partial charge is 0.143 e. The van der Waals surface area contributed by atoms with Crippen molar-refractivity contribution in [1.29, 1.82) is 0 Å². The van der Waals surface area contributed by atoms with Crippen LogP contribution in [0, 0.1) is 0 Å². The van der Waals surface area contributed by atoms with Crippen LogP contribution in [0.25, 0.3) is 0 Å². The number of Topliss-reactive ketones (excluding diaryl/α,β-unsaturated/α-hetero) is 1. The minimum absolute atomic E-state index is 0.137. The van der Waals surface area contributed by atoms with Crippen LogP contribution < -0.4 is 4.74 Å². The predicted molar refractivity (Wildman–Crippen MR) is 69.6 cm³/mol. The molecule has 0 saturated carbocycles. The lowest BCUT2D eigenvalue weighted by Gasteiger charge is -2.07. The van der Waals surface area contributed by atoms with E-state index in [2.05, 4.69) is 4.98 Å². The quantitative estimate of drug-likeness (QED) is 0.807. The Morgan fingerprint density at radius 3 is 2.61 bits per heavy atom. The van der Waals surface area contributed by atoms with Crippen LogP contribution >= 0.6 is 0 Å². The summed E-state index contributed by atoms with van der Waals surface area (Å²) in [6.45, 7) is 0. The van der Waals surface area contributed by atoms with Crippen molar-refractivity contribution in [2.75, 3.05) is 7.11 Å². The van der Waals surface area contributed by atoms with E-state index in [0.717, 1.165) is 17.0 Å². The molecule has 18 heavy (non-hydrogen) atoms. The molecule has 0 radical (unpaired) electrons. The largest absolute Gasteiger partial charge is 0.496 e. The number of methoxy groups -OCH3 is 1. The minimum atomic E-state index is 0.137. The fraction of sp³-hybridized carbons (Fsp3) is 0.200. The fourth-order valence-electron chi connectivity index (χ4n) is 1.83. The summed E-state index contributed by atoms with van der Waals surface area (Å²) in [5.41, 5.74) is 1.72. The van der Waals surface area contributed by atoms with E-state index in [-0.39, 0.29) is 5.78 Å². The molecule has 1 aromatic heterocycles. The number of ether oxygens (including phenoxy) is 1. The van der Waals surface area contributed by atoms with E-state index in [1.807, 2.05) is 42.5 Å². The second-order valence-corrected chi connectivity index (χ2v) is 4.03. The van der Waals surface area contributed by atoms with Crippen LogP contribution in [-0.4, -0.2) is 17.9 Å². The van der Waals surface area contributed by atoms with E-state index in [0.29, 0.717) is 12.8 Å². The zero-order chi connectivity index (χ0) is 12.8. The molecule has 0 N–H and O–H groups in total. The van der Waals surface area contributed by atoms with Crippen LogP contribution in [0.1, 0.15) is 11.3 Å². The van der Waals surface area contributed by atoms with Gasteiger partial charge in [0, 0.05) is 30.3 Å². The highest BCUT2D eigenvalue weighted by Crippen LogP contribution is 2.18. The highest BCUT2D eigenvalue weighted by atomic mass is 16.5. The minimum Gasteiger partial charge on any atom is -0.496 e. The Morgan fingerprint density at radius 1 is 1.11 bits per heavy atom. The van der Waals surface area contributed by atoms with Gasteiger partial charge in [-0.3, -0.25) is 9.78 Å². The first-order valence-corrected chi connectivity index (χ1v) is 5.83. The van der Waals surface area contributed by atoms with Crippen LogP contribution in [0.5, 0.6) is 5.75 Å². The number of ketones is 1. The lowest BCUT2D eigenvalue weighted by molar-refractivity contribution is -0.117. The van der Waals surface area contributed by atoms with Gasteiger partial charge < -0.3 is 4.74 Å². The molecule has 0 spiro atoms. The molecule has 0 fully saturated rings. The number of benzene rings is 1. The van der Waals surface area contributed by atoms with E-state index >= 15 is 0 Å². The molecule has 0 aliphatic carbocycles. The van der Waals surface area contributed by atoms with E-state index in [4.69, 9.17) is 4.74 Å². The summed E-state index contributed by atoms with van der Waals surface area (Å²) in [5, 5.41) is 0. The zero-order valence-corrected chi connectivity index (χ0v) is 10.3. The number of carbonyl (C=O) groups excluding carboxylic acids is 1. The molecule has 0 unspecified atom stereocenters. The van der Waals surface area contributed by atoms with Gasteiger partial charge in [-0.15, -0.1) is 0 Å². The molecule has 2 aromatic rings. The third-order valence-electron chi connectivity index (χ3n) is 2.68. The van der Waals surface area contributed by atoms with E-state index in [1.54, 1.807) is 13.3 Å². The number of para-hydroxylation sites is 1. The van der Waals surface area contributed by atoms with Gasteiger partial charge in [0.25, 0.3) is 0 Å². The molecule has 0 amide bonds. The monoisotopic (exact) mass is 241 g/mol. The van der Waals surface area contributed by atoms with Crippen LogP contribution in [0.2, 0.25) is 0 Å². The van der Waals surface area contributed by atoms with Crippen molar-refractivity contribution in [1.82, 2.24) is 4.98 Å². The number of pyridine rings is 1. The van der Waals surface area contributed by atoms with Gasteiger partial charge in [0.2, 0.25) is 0 Å². The third-order valence-corrected chi connectivity index (χ3v) is 2.68. The van der Waals surface area contributed by atoms with Crippen LogP contribution in [0.4, 0.5) is 0 Å². The second kappa shape index (κ2) is 5.96. The standard InChI is InChI=1S/C15H15NO2/c1-18-15-8-3-2-6-12(15)10-14(17)11-13-7-4-5-9-16-13/h2-9H,10-11H2,1H3. The summed E-state index contributed by atoms with van der Waals surface area (Å²) < 4.78 is 5.23. The number of rotatable bonds is 5. The number of nitrogens with zero attached hydrogens (tertiary/aromatic N) is 1. The van der Waals surface area contributed by atoms with E-state index in [1.165, 1.54) is 0 Å². The van der Waals surface area contributed by atoms with Gasteiger partial charge in [0.1, 0.15) is 11.5 Å². The summed E-state index contributed by atoms with van der Waals surface area (Å²) >= 11 is 0. The Labute approximate surface area is 106 Å². The van der Waals surface area contributed by atoms with Crippen LogP contribution in [0.3, 0.4) is 0 Å². The Bertz CT molecular complexity index is 523. The van der Waals surface area contributed by atoms with Gasteiger partial charge in [0.15, 0.2) is 0 Å². The number of aromatic nitrogens is 1. The molecule has 0 aliphatic rings. The predicted octanol–water partition coefficient (Wildman–Crippen LogP) is 2.44. The number of hydrogen-bond donors (Lipinski definition) is 0. The average molecular weight is 241 g/mol. The molecular weight excluding hydrogens is 226 g/mol. The van der Waals surface area contributed by atoms with Crippen LogP contribution in [0.15, 0.2) is 48.7 Å². The Hall–Kier alpha value is -2.16. The molecule has 0 aliphatic heterocycles. The Morgan fingerprint density at radius 2 is 1.89 bits per heavy atom. The Kier molecular flexibility index (Phi) is 4.07. The second-order valence-electron chi connectivity index (χ2n) is 4.03. The summed E-state index contributed by atoms with van der Waals surface area (Å²) in [6.07, 6.45) is 2.44. The Balaban J connectivity index is 2.03. The molecule has 3 nitrogen and oxygen atoms in total. The maximum Gasteiger partial charge on any atom is 0.143 e. The first-order chi connectivity index (χ1) is 8.79. The van der Waals surface area contributed by atoms with Crippen molar-refractivity contribution < 1.29 is 9.53 Å². The highest BCUT2D eigenvalue weighted by molar-refractivity contribution is 5.83. The zero-order valence-electron chi connectivity index (χ0n) is 10.3. The molecule has 1 heterocycles. The summed E-state index contributed by atoms with van der Waals surface area (Å²) in [5.74, 6) is 0.894. The van der Waals surface area contributed by atoms with Gasteiger partial charge >= 0.3 is 0 Å². The van der Waals surface area contributed by atoms with Crippen molar-refractivity contribution in [3.63, 3.8) is 0 Å².